The maximum atomic E-state index is 5.94. The van der Waals surface area contributed by atoms with Crippen LogP contribution >= 0.6 is 11.6 Å². The molecule has 0 amide bonds. The van der Waals surface area contributed by atoms with Gasteiger partial charge in [-0.15, -0.1) is 11.6 Å². The molecule has 0 fully saturated rings. The topological polar surface area (TPSA) is 17.8 Å². The molecule has 3 heteroatoms. The highest BCUT2D eigenvalue weighted by Crippen LogP contribution is 2.26. The molecule has 0 saturated heterocycles. The smallest absolute Gasteiger partial charge is 0.111 e. The van der Waals surface area contributed by atoms with Crippen molar-refractivity contribution in [3.05, 3.63) is 30.1 Å². The van der Waals surface area contributed by atoms with Gasteiger partial charge in [-0.25, -0.2) is 4.98 Å². The number of aryl methyl sites for hydroxylation is 1. The van der Waals surface area contributed by atoms with E-state index in [2.05, 4.69) is 50.5 Å². The average molecular weight is 293 g/mol. The summed E-state index contributed by atoms with van der Waals surface area (Å²) in [6, 6.07) is 8.39. The van der Waals surface area contributed by atoms with Gasteiger partial charge >= 0.3 is 0 Å². The van der Waals surface area contributed by atoms with Gasteiger partial charge in [0.25, 0.3) is 0 Å². The number of benzene rings is 1. The number of hydrogen-bond acceptors (Lipinski definition) is 1. The number of rotatable bonds is 6. The second-order valence-electron chi connectivity index (χ2n) is 6.22. The predicted octanol–water partition coefficient (Wildman–Crippen LogP) is 4.75. The SMILES string of the molecule is CC(C)C(Cn1c(CCCl)nc2ccccc21)C(C)C. The Morgan fingerprint density at radius 3 is 2.35 bits per heavy atom. The number of alkyl halides is 1. The van der Waals surface area contributed by atoms with E-state index in [1.807, 2.05) is 6.07 Å². The largest absolute Gasteiger partial charge is 0.328 e. The zero-order chi connectivity index (χ0) is 14.7. The average Bonchev–Trinajstić information content (AvgIpc) is 2.73. The van der Waals surface area contributed by atoms with Crippen LogP contribution in [0.2, 0.25) is 0 Å². The van der Waals surface area contributed by atoms with Gasteiger partial charge in [-0.3, -0.25) is 0 Å². The van der Waals surface area contributed by atoms with Crippen molar-refractivity contribution >= 4 is 22.6 Å². The summed E-state index contributed by atoms with van der Waals surface area (Å²) >= 11 is 5.94. The van der Waals surface area contributed by atoms with Crippen LogP contribution in [0.15, 0.2) is 24.3 Å². The van der Waals surface area contributed by atoms with Crippen LogP contribution in [0.3, 0.4) is 0 Å². The molecule has 0 radical (unpaired) electrons. The first-order valence-corrected chi connectivity index (χ1v) is 8.08. The Morgan fingerprint density at radius 1 is 1.10 bits per heavy atom. The number of para-hydroxylation sites is 2. The molecule has 2 rings (SSSR count). The summed E-state index contributed by atoms with van der Waals surface area (Å²) in [5.74, 6) is 3.73. The molecule has 1 aromatic heterocycles. The lowest BCUT2D eigenvalue weighted by atomic mass is 9.85. The van der Waals surface area contributed by atoms with Crippen LogP contribution in [0, 0.1) is 17.8 Å². The van der Waals surface area contributed by atoms with E-state index in [0.717, 1.165) is 24.3 Å². The molecule has 2 aromatic rings. The number of halogens is 1. The van der Waals surface area contributed by atoms with Crippen LogP contribution in [0.5, 0.6) is 0 Å². The normalized spacial score (nSPS) is 12.2. The third-order valence-corrected chi connectivity index (χ3v) is 4.35. The lowest BCUT2D eigenvalue weighted by molar-refractivity contribution is 0.252. The summed E-state index contributed by atoms with van der Waals surface area (Å²) in [5.41, 5.74) is 2.32. The van der Waals surface area contributed by atoms with Crippen LogP contribution < -0.4 is 0 Å². The van der Waals surface area contributed by atoms with Crippen LogP contribution in [-0.4, -0.2) is 15.4 Å². The maximum Gasteiger partial charge on any atom is 0.111 e. The van der Waals surface area contributed by atoms with Gasteiger partial charge in [0.2, 0.25) is 0 Å². The Morgan fingerprint density at radius 2 is 1.75 bits per heavy atom. The van der Waals surface area contributed by atoms with Crippen molar-refractivity contribution in [2.24, 2.45) is 17.8 Å². The zero-order valence-corrected chi connectivity index (χ0v) is 13.7. The molecule has 20 heavy (non-hydrogen) atoms. The molecular formula is C17H25ClN2. The van der Waals surface area contributed by atoms with E-state index in [4.69, 9.17) is 16.6 Å². The van der Waals surface area contributed by atoms with Gasteiger partial charge in [-0.1, -0.05) is 39.8 Å². The van der Waals surface area contributed by atoms with Gasteiger partial charge < -0.3 is 4.57 Å². The van der Waals surface area contributed by atoms with Crippen molar-refractivity contribution in [2.75, 3.05) is 5.88 Å². The van der Waals surface area contributed by atoms with E-state index in [9.17, 15) is 0 Å². The van der Waals surface area contributed by atoms with Crippen molar-refractivity contribution in [3.8, 4) is 0 Å². The third-order valence-electron chi connectivity index (χ3n) is 4.16. The minimum Gasteiger partial charge on any atom is -0.328 e. The fourth-order valence-electron chi connectivity index (χ4n) is 3.01. The molecule has 110 valence electrons. The van der Waals surface area contributed by atoms with Crippen LogP contribution in [0.1, 0.15) is 33.5 Å². The van der Waals surface area contributed by atoms with Crippen LogP contribution in [0.25, 0.3) is 11.0 Å². The highest BCUT2D eigenvalue weighted by Gasteiger charge is 2.20. The van der Waals surface area contributed by atoms with Gasteiger partial charge in [-0.05, 0) is 29.9 Å². The van der Waals surface area contributed by atoms with Crippen molar-refractivity contribution in [1.82, 2.24) is 9.55 Å². The first kappa shape index (κ1) is 15.4. The lowest BCUT2D eigenvalue weighted by Gasteiger charge is -2.26. The van der Waals surface area contributed by atoms with E-state index in [1.54, 1.807) is 0 Å². The van der Waals surface area contributed by atoms with E-state index in [1.165, 1.54) is 5.52 Å². The van der Waals surface area contributed by atoms with E-state index < -0.39 is 0 Å². The fraction of sp³-hybridized carbons (Fsp3) is 0.588. The molecule has 0 saturated carbocycles. The number of imidazole rings is 1. The van der Waals surface area contributed by atoms with Crippen molar-refractivity contribution < 1.29 is 0 Å². The zero-order valence-electron chi connectivity index (χ0n) is 12.9. The molecule has 1 heterocycles. The van der Waals surface area contributed by atoms with E-state index in [0.29, 0.717) is 23.6 Å². The minimum atomic E-state index is 0.622. The van der Waals surface area contributed by atoms with Crippen molar-refractivity contribution in [3.63, 3.8) is 0 Å². The molecule has 0 aliphatic carbocycles. The summed E-state index contributed by atoms with van der Waals surface area (Å²) < 4.78 is 2.38. The monoisotopic (exact) mass is 292 g/mol. The first-order chi connectivity index (χ1) is 9.54. The molecule has 0 unspecified atom stereocenters. The number of fused-ring (bicyclic) bond motifs is 1. The van der Waals surface area contributed by atoms with Crippen LogP contribution in [0.4, 0.5) is 0 Å². The van der Waals surface area contributed by atoms with Gasteiger partial charge in [-0.2, -0.15) is 0 Å². The Kier molecular flexibility index (Phi) is 5.09. The molecule has 0 atom stereocenters. The minimum absolute atomic E-state index is 0.622. The highest BCUT2D eigenvalue weighted by molar-refractivity contribution is 6.17. The quantitative estimate of drug-likeness (QED) is 0.703. The number of nitrogens with zero attached hydrogens (tertiary/aromatic N) is 2. The van der Waals surface area contributed by atoms with E-state index in [-0.39, 0.29) is 0 Å². The van der Waals surface area contributed by atoms with Gasteiger partial charge in [0.1, 0.15) is 5.82 Å². The molecule has 0 spiro atoms. The molecule has 2 nitrogen and oxygen atoms in total. The lowest BCUT2D eigenvalue weighted by Crippen LogP contribution is -2.23. The number of aromatic nitrogens is 2. The summed E-state index contributed by atoms with van der Waals surface area (Å²) in [5, 5.41) is 0. The Balaban J connectivity index is 2.42. The Labute approximate surface area is 127 Å². The third kappa shape index (κ3) is 3.17. The first-order valence-electron chi connectivity index (χ1n) is 7.54. The molecular weight excluding hydrogens is 268 g/mol. The molecule has 1 aromatic carbocycles. The molecule has 0 N–H and O–H groups in total. The second-order valence-corrected chi connectivity index (χ2v) is 6.60. The highest BCUT2D eigenvalue weighted by atomic mass is 35.5. The van der Waals surface area contributed by atoms with Gasteiger partial charge in [0.05, 0.1) is 11.0 Å². The predicted molar refractivity (Wildman–Crippen MR) is 87.3 cm³/mol. The fourth-order valence-corrected chi connectivity index (χ4v) is 3.18. The molecule has 0 aliphatic heterocycles. The van der Waals surface area contributed by atoms with Gasteiger partial charge in [0.15, 0.2) is 0 Å². The van der Waals surface area contributed by atoms with Gasteiger partial charge in [0, 0.05) is 18.8 Å². The van der Waals surface area contributed by atoms with E-state index >= 15 is 0 Å². The second kappa shape index (κ2) is 6.62. The molecule has 0 bridgehead atoms. The van der Waals surface area contributed by atoms with Crippen molar-refractivity contribution in [1.29, 1.82) is 0 Å². The summed E-state index contributed by atoms with van der Waals surface area (Å²) in [7, 11) is 0. The van der Waals surface area contributed by atoms with Crippen molar-refractivity contribution in [2.45, 2.75) is 40.7 Å². The summed E-state index contributed by atoms with van der Waals surface area (Å²) in [6.45, 7) is 10.3. The Bertz CT molecular complexity index is 549. The number of hydrogen-bond donors (Lipinski definition) is 0. The summed E-state index contributed by atoms with van der Waals surface area (Å²) in [4.78, 5) is 4.75. The standard InChI is InChI=1S/C17H25ClN2/c1-12(2)14(13(3)4)11-20-16-8-6-5-7-15(16)19-17(20)9-10-18/h5-8,12-14H,9-11H2,1-4H3. The van der Waals surface area contributed by atoms with Crippen LogP contribution in [-0.2, 0) is 13.0 Å². The Hall–Kier alpha value is -1.02. The summed E-state index contributed by atoms with van der Waals surface area (Å²) in [6.07, 6.45) is 0.832. The maximum absolute atomic E-state index is 5.94. The molecule has 0 aliphatic rings.